The van der Waals surface area contributed by atoms with E-state index < -0.39 is 0 Å². The number of nitrogens with one attached hydrogen (secondary N) is 1. The molecule has 2 aromatic carbocycles. The predicted molar refractivity (Wildman–Crippen MR) is 112 cm³/mol. The van der Waals surface area contributed by atoms with Gasteiger partial charge in [-0.25, -0.2) is 0 Å². The number of aromatic nitrogens is 1. The van der Waals surface area contributed by atoms with Gasteiger partial charge >= 0.3 is 0 Å². The molecule has 28 heavy (non-hydrogen) atoms. The zero-order valence-corrected chi connectivity index (χ0v) is 17.0. The molecule has 0 aliphatic heterocycles. The van der Waals surface area contributed by atoms with Crippen LogP contribution in [-0.2, 0) is 6.54 Å². The summed E-state index contributed by atoms with van der Waals surface area (Å²) < 4.78 is 12.8. The van der Waals surface area contributed by atoms with Crippen molar-refractivity contribution in [2.24, 2.45) is 0 Å². The van der Waals surface area contributed by atoms with Gasteiger partial charge in [0.1, 0.15) is 0 Å². The molecule has 0 aliphatic carbocycles. The molecular weight excluding hydrogens is 352 g/mol. The van der Waals surface area contributed by atoms with Crippen molar-refractivity contribution >= 4 is 11.6 Å². The first-order chi connectivity index (χ1) is 13.4. The second-order valence-electron chi connectivity index (χ2n) is 6.83. The van der Waals surface area contributed by atoms with E-state index in [0.717, 1.165) is 23.5 Å². The maximum Gasteiger partial charge on any atom is 0.257 e. The monoisotopic (exact) mass is 378 g/mol. The van der Waals surface area contributed by atoms with Gasteiger partial charge in [-0.05, 0) is 44.0 Å². The van der Waals surface area contributed by atoms with Crippen molar-refractivity contribution in [3.63, 3.8) is 0 Å². The van der Waals surface area contributed by atoms with Gasteiger partial charge in [0, 0.05) is 29.7 Å². The summed E-state index contributed by atoms with van der Waals surface area (Å²) in [6.07, 6.45) is 0. The molecule has 0 radical (unpaired) electrons. The summed E-state index contributed by atoms with van der Waals surface area (Å²) in [5.74, 6) is 1.08. The lowest BCUT2D eigenvalue weighted by molar-refractivity contribution is 0.102. The number of anilines is 1. The van der Waals surface area contributed by atoms with E-state index in [-0.39, 0.29) is 5.91 Å². The molecule has 0 spiro atoms. The Bertz CT molecular complexity index is 991. The van der Waals surface area contributed by atoms with Crippen molar-refractivity contribution in [3.8, 4) is 11.5 Å². The van der Waals surface area contributed by atoms with E-state index in [9.17, 15) is 4.79 Å². The van der Waals surface area contributed by atoms with Crippen molar-refractivity contribution in [2.75, 3.05) is 19.5 Å². The lowest BCUT2D eigenvalue weighted by Crippen LogP contribution is -2.14. The summed E-state index contributed by atoms with van der Waals surface area (Å²) in [4.78, 5) is 13.0. The quantitative estimate of drug-likeness (QED) is 0.675. The van der Waals surface area contributed by atoms with Crippen LogP contribution in [0.1, 0.15) is 32.9 Å². The molecule has 1 amide bonds. The van der Waals surface area contributed by atoms with E-state index in [4.69, 9.17) is 9.47 Å². The number of carbonyl (C=O) groups excluding carboxylic acids is 1. The van der Waals surface area contributed by atoms with Crippen molar-refractivity contribution < 1.29 is 14.3 Å². The number of hydrogen-bond acceptors (Lipinski definition) is 3. The number of ether oxygens (including phenoxy) is 2. The molecule has 0 unspecified atom stereocenters. The van der Waals surface area contributed by atoms with E-state index in [1.165, 1.54) is 5.56 Å². The number of rotatable bonds is 6. The minimum Gasteiger partial charge on any atom is -0.493 e. The van der Waals surface area contributed by atoms with E-state index in [1.54, 1.807) is 20.3 Å². The van der Waals surface area contributed by atoms with Gasteiger partial charge in [-0.1, -0.05) is 30.3 Å². The highest BCUT2D eigenvalue weighted by atomic mass is 16.5. The van der Waals surface area contributed by atoms with Gasteiger partial charge in [0.05, 0.1) is 19.8 Å². The molecule has 5 heteroatoms. The van der Waals surface area contributed by atoms with Gasteiger partial charge in [0.2, 0.25) is 0 Å². The third-order valence-electron chi connectivity index (χ3n) is 4.98. The van der Waals surface area contributed by atoms with Crippen LogP contribution in [0.5, 0.6) is 11.5 Å². The maximum atomic E-state index is 13.0. The van der Waals surface area contributed by atoms with Crippen LogP contribution >= 0.6 is 0 Å². The molecule has 3 aromatic rings. The first-order valence-electron chi connectivity index (χ1n) is 9.19. The smallest absolute Gasteiger partial charge is 0.257 e. The molecule has 1 aromatic heterocycles. The normalized spacial score (nSPS) is 10.6. The van der Waals surface area contributed by atoms with E-state index in [0.29, 0.717) is 22.7 Å². The summed E-state index contributed by atoms with van der Waals surface area (Å²) in [6.45, 7) is 6.66. The van der Waals surface area contributed by atoms with Crippen LogP contribution in [0.25, 0.3) is 0 Å². The molecule has 1 heterocycles. The lowest BCUT2D eigenvalue weighted by Gasteiger charge is -2.14. The topological polar surface area (TPSA) is 52.5 Å². The Morgan fingerprint density at radius 2 is 1.61 bits per heavy atom. The third kappa shape index (κ3) is 3.88. The van der Waals surface area contributed by atoms with Crippen LogP contribution in [-0.4, -0.2) is 24.7 Å². The Morgan fingerprint density at radius 1 is 0.964 bits per heavy atom. The van der Waals surface area contributed by atoms with Crippen molar-refractivity contribution in [3.05, 3.63) is 76.6 Å². The average molecular weight is 378 g/mol. The van der Waals surface area contributed by atoms with E-state index in [2.05, 4.69) is 22.0 Å². The van der Waals surface area contributed by atoms with Crippen LogP contribution in [0.2, 0.25) is 0 Å². The Hall–Kier alpha value is -3.21. The molecule has 0 aliphatic rings. The number of aryl methyl sites for hydroxylation is 2. The maximum absolute atomic E-state index is 13.0. The molecule has 3 rings (SSSR count). The van der Waals surface area contributed by atoms with Gasteiger partial charge in [-0.3, -0.25) is 4.79 Å². The fourth-order valence-corrected chi connectivity index (χ4v) is 3.35. The second-order valence-corrected chi connectivity index (χ2v) is 6.83. The summed E-state index contributed by atoms with van der Waals surface area (Å²) >= 11 is 0. The largest absolute Gasteiger partial charge is 0.493 e. The summed E-state index contributed by atoms with van der Waals surface area (Å²) in [7, 11) is 3.17. The fourth-order valence-electron chi connectivity index (χ4n) is 3.35. The predicted octanol–water partition coefficient (Wildman–Crippen LogP) is 4.73. The minimum absolute atomic E-state index is 0.136. The minimum atomic E-state index is -0.136. The molecule has 0 bridgehead atoms. The molecular formula is C23H26N2O3. The highest BCUT2D eigenvalue weighted by molar-refractivity contribution is 6.05. The highest BCUT2D eigenvalue weighted by Crippen LogP contribution is 2.33. The van der Waals surface area contributed by atoms with E-state index in [1.807, 2.05) is 51.1 Å². The number of methoxy groups -OCH3 is 2. The molecule has 146 valence electrons. The number of hydrogen-bond donors (Lipinski definition) is 1. The van der Waals surface area contributed by atoms with Crippen LogP contribution in [0.15, 0.2) is 48.5 Å². The van der Waals surface area contributed by atoms with E-state index >= 15 is 0 Å². The summed E-state index contributed by atoms with van der Waals surface area (Å²) in [5.41, 5.74) is 5.47. The summed E-state index contributed by atoms with van der Waals surface area (Å²) in [6, 6.07) is 15.8. The van der Waals surface area contributed by atoms with Gasteiger partial charge in [-0.2, -0.15) is 0 Å². The Morgan fingerprint density at radius 3 is 2.25 bits per heavy atom. The lowest BCUT2D eigenvalue weighted by atomic mass is 10.1. The molecule has 5 nitrogen and oxygen atoms in total. The zero-order valence-electron chi connectivity index (χ0n) is 17.0. The van der Waals surface area contributed by atoms with Gasteiger partial charge in [0.25, 0.3) is 5.91 Å². The molecule has 1 N–H and O–H groups in total. The SMILES string of the molecule is COc1cc(C)c(NC(=O)c2cc(C)n(Cc3ccccc3)c2C)cc1OC. The molecule has 0 fully saturated rings. The molecule has 0 saturated heterocycles. The standard InChI is InChI=1S/C23H26N2O3/c1-15-11-21(27-4)22(28-5)13-20(15)24-23(26)19-12-16(2)25(17(19)3)14-18-9-7-6-8-10-18/h6-13H,14H2,1-5H3,(H,24,26). The third-order valence-corrected chi connectivity index (χ3v) is 4.98. The van der Waals surface area contributed by atoms with Crippen molar-refractivity contribution in [2.45, 2.75) is 27.3 Å². The van der Waals surface area contributed by atoms with Gasteiger partial charge < -0.3 is 19.4 Å². The number of carbonyl (C=O) groups is 1. The molecule has 0 atom stereocenters. The number of amides is 1. The number of benzene rings is 2. The second kappa shape index (κ2) is 8.21. The van der Waals surface area contributed by atoms with Crippen LogP contribution < -0.4 is 14.8 Å². The first-order valence-corrected chi connectivity index (χ1v) is 9.19. The molecule has 0 saturated carbocycles. The highest BCUT2D eigenvalue weighted by Gasteiger charge is 2.18. The van der Waals surface area contributed by atoms with Crippen LogP contribution in [0.4, 0.5) is 5.69 Å². The average Bonchev–Trinajstić information content (AvgIpc) is 2.98. The Balaban J connectivity index is 1.87. The Labute approximate surface area is 165 Å². The van der Waals surface area contributed by atoms with Crippen molar-refractivity contribution in [1.29, 1.82) is 0 Å². The van der Waals surface area contributed by atoms with Gasteiger partial charge in [-0.15, -0.1) is 0 Å². The van der Waals surface area contributed by atoms with Gasteiger partial charge in [0.15, 0.2) is 11.5 Å². The fraction of sp³-hybridized carbons (Fsp3) is 0.261. The number of nitrogens with zero attached hydrogens (tertiary/aromatic N) is 1. The van der Waals surface area contributed by atoms with Crippen LogP contribution in [0.3, 0.4) is 0 Å². The zero-order chi connectivity index (χ0) is 20.3. The van der Waals surface area contributed by atoms with Crippen molar-refractivity contribution in [1.82, 2.24) is 4.57 Å². The first kappa shape index (κ1) is 19.5. The van der Waals surface area contributed by atoms with Crippen LogP contribution in [0, 0.1) is 20.8 Å². The Kier molecular flexibility index (Phi) is 5.73. The summed E-state index contributed by atoms with van der Waals surface area (Å²) in [5, 5.41) is 3.01.